The molecule has 8 nitrogen and oxygen atoms in total. The standard InChI is InChI=1S/C17H13N3O5/c1-25-11-6-7-19(9-11)10-13-16-12(3-2-8-21)15(20(23)24)5-4-14(16)18-17(13)22/h4-7,9-10,21H,8H2,1H3,(H,18,22). The van der Waals surface area contributed by atoms with E-state index in [2.05, 4.69) is 17.2 Å². The van der Waals surface area contributed by atoms with Gasteiger partial charge in [-0.15, -0.1) is 0 Å². The Labute approximate surface area is 142 Å². The maximum Gasteiger partial charge on any atom is 0.285 e. The monoisotopic (exact) mass is 339 g/mol. The molecule has 0 saturated carbocycles. The number of benzene rings is 1. The van der Waals surface area contributed by atoms with Crippen molar-refractivity contribution in [3.63, 3.8) is 0 Å². The topological polar surface area (TPSA) is 107 Å². The van der Waals surface area contributed by atoms with Gasteiger partial charge in [-0.2, -0.15) is 0 Å². The number of ether oxygens (including phenoxy) is 1. The van der Waals surface area contributed by atoms with Crippen molar-refractivity contribution >= 4 is 29.1 Å². The van der Waals surface area contributed by atoms with Crippen molar-refractivity contribution in [2.45, 2.75) is 0 Å². The first-order chi connectivity index (χ1) is 12.0. The normalized spacial score (nSPS) is 13.8. The lowest BCUT2D eigenvalue weighted by molar-refractivity contribution is -0.385. The molecule has 0 bridgehead atoms. The molecule has 1 amide bonds. The van der Waals surface area contributed by atoms with Crippen molar-refractivity contribution in [1.82, 2.24) is 4.57 Å². The Bertz CT molecular complexity index is 962. The van der Waals surface area contributed by atoms with E-state index in [0.29, 0.717) is 17.0 Å². The number of hydrogen-bond acceptors (Lipinski definition) is 5. The number of aliphatic hydroxyl groups is 1. The van der Waals surface area contributed by atoms with E-state index in [1.807, 2.05) is 0 Å². The second kappa shape index (κ2) is 6.51. The maximum absolute atomic E-state index is 12.3. The van der Waals surface area contributed by atoms with Gasteiger partial charge in [0.1, 0.15) is 17.9 Å². The Morgan fingerprint density at radius 3 is 2.88 bits per heavy atom. The highest BCUT2D eigenvalue weighted by atomic mass is 16.6. The van der Waals surface area contributed by atoms with Crippen LogP contribution in [0.5, 0.6) is 5.75 Å². The summed E-state index contributed by atoms with van der Waals surface area (Å²) in [5.74, 6) is 5.21. The summed E-state index contributed by atoms with van der Waals surface area (Å²) in [5, 5.41) is 22.9. The molecular weight excluding hydrogens is 326 g/mol. The summed E-state index contributed by atoms with van der Waals surface area (Å²) in [7, 11) is 1.52. The quantitative estimate of drug-likeness (QED) is 0.383. The summed E-state index contributed by atoms with van der Waals surface area (Å²) in [6, 6.07) is 4.46. The summed E-state index contributed by atoms with van der Waals surface area (Å²) in [6.07, 6.45) is 4.89. The summed E-state index contributed by atoms with van der Waals surface area (Å²) >= 11 is 0. The number of nitro groups is 1. The summed E-state index contributed by atoms with van der Waals surface area (Å²) < 4.78 is 6.71. The van der Waals surface area contributed by atoms with Crippen LogP contribution in [0.3, 0.4) is 0 Å². The van der Waals surface area contributed by atoms with E-state index in [1.165, 1.54) is 25.4 Å². The van der Waals surface area contributed by atoms with E-state index in [0.717, 1.165) is 0 Å². The number of aromatic nitrogens is 1. The number of carbonyl (C=O) groups excluding carboxylic acids is 1. The van der Waals surface area contributed by atoms with Gasteiger partial charge in [0.15, 0.2) is 0 Å². The van der Waals surface area contributed by atoms with Gasteiger partial charge in [0.2, 0.25) is 0 Å². The minimum atomic E-state index is -0.569. The van der Waals surface area contributed by atoms with Gasteiger partial charge < -0.3 is 19.7 Å². The second-order valence-electron chi connectivity index (χ2n) is 5.09. The van der Waals surface area contributed by atoms with E-state index >= 15 is 0 Å². The van der Waals surface area contributed by atoms with Gasteiger partial charge in [-0.05, 0) is 12.1 Å². The minimum Gasteiger partial charge on any atom is -0.495 e. The first-order valence-electron chi connectivity index (χ1n) is 7.21. The predicted octanol–water partition coefficient (Wildman–Crippen LogP) is 1.70. The van der Waals surface area contributed by atoms with Gasteiger partial charge in [0.05, 0.1) is 29.5 Å². The molecule has 126 valence electrons. The van der Waals surface area contributed by atoms with Gasteiger partial charge in [-0.25, -0.2) is 0 Å². The fraction of sp³-hybridized carbons (Fsp3) is 0.118. The third-order valence-corrected chi connectivity index (χ3v) is 3.64. The lowest BCUT2D eigenvalue weighted by Crippen LogP contribution is -2.04. The Balaban J connectivity index is 2.21. The van der Waals surface area contributed by atoms with Gasteiger partial charge in [-0.1, -0.05) is 11.8 Å². The zero-order valence-electron chi connectivity index (χ0n) is 13.1. The number of nitrogens with one attached hydrogen (secondary N) is 1. The number of carbonyl (C=O) groups is 1. The summed E-state index contributed by atoms with van der Waals surface area (Å²) in [4.78, 5) is 23.1. The van der Waals surface area contributed by atoms with Crippen LogP contribution in [-0.4, -0.2) is 34.2 Å². The van der Waals surface area contributed by atoms with E-state index in [-0.39, 0.29) is 16.8 Å². The molecule has 0 radical (unpaired) electrons. The molecule has 1 aromatic carbocycles. The average molecular weight is 339 g/mol. The molecule has 0 unspecified atom stereocenters. The molecule has 2 N–H and O–H groups in total. The molecule has 2 heterocycles. The molecule has 1 aliphatic heterocycles. The highest BCUT2D eigenvalue weighted by molar-refractivity contribution is 6.34. The third-order valence-electron chi connectivity index (χ3n) is 3.64. The number of hydrogen-bond donors (Lipinski definition) is 2. The van der Waals surface area contributed by atoms with Gasteiger partial charge in [0, 0.05) is 24.0 Å². The Kier molecular flexibility index (Phi) is 4.24. The zero-order chi connectivity index (χ0) is 18.0. The Morgan fingerprint density at radius 2 is 2.24 bits per heavy atom. The largest absolute Gasteiger partial charge is 0.495 e. The molecule has 25 heavy (non-hydrogen) atoms. The molecule has 0 aliphatic carbocycles. The smallest absolute Gasteiger partial charge is 0.285 e. The number of fused-ring (bicyclic) bond motifs is 1. The van der Waals surface area contributed by atoms with Gasteiger partial charge in [-0.3, -0.25) is 14.9 Å². The van der Waals surface area contributed by atoms with E-state index in [9.17, 15) is 14.9 Å². The second-order valence-corrected chi connectivity index (χ2v) is 5.09. The molecule has 3 rings (SSSR count). The van der Waals surface area contributed by atoms with Crippen molar-refractivity contribution in [2.75, 3.05) is 19.0 Å². The highest BCUT2D eigenvalue weighted by Gasteiger charge is 2.31. The first kappa shape index (κ1) is 16.3. The number of amides is 1. The predicted molar refractivity (Wildman–Crippen MR) is 90.8 cm³/mol. The van der Waals surface area contributed by atoms with E-state index in [4.69, 9.17) is 9.84 Å². The van der Waals surface area contributed by atoms with Crippen molar-refractivity contribution in [1.29, 1.82) is 0 Å². The summed E-state index contributed by atoms with van der Waals surface area (Å²) in [6.45, 7) is -0.448. The first-order valence-corrected chi connectivity index (χ1v) is 7.21. The molecule has 2 aromatic rings. The van der Waals surface area contributed by atoms with Crippen LogP contribution < -0.4 is 10.1 Å². The van der Waals surface area contributed by atoms with Gasteiger partial charge >= 0.3 is 0 Å². The SMILES string of the molecule is COc1ccn(C=C2C(=O)Nc3ccc([N+](=O)[O-])c(C#CCO)c32)c1. The number of aliphatic hydroxyl groups excluding tert-OH is 1. The lowest BCUT2D eigenvalue weighted by atomic mass is 9.99. The number of nitrogens with zero attached hydrogens (tertiary/aromatic N) is 2. The van der Waals surface area contributed by atoms with Crippen molar-refractivity contribution in [3.8, 4) is 17.6 Å². The fourth-order valence-corrected chi connectivity index (χ4v) is 2.55. The van der Waals surface area contributed by atoms with E-state index in [1.54, 1.807) is 23.0 Å². The number of anilines is 1. The van der Waals surface area contributed by atoms with Crippen molar-refractivity contribution in [2.24, 2.45) is 0 Å². The number of methoxy groups -OCH3 is 1. The average Bonchev–Trinajstić information content (AvgIpc) is 3.17. The van der Waals surface area contributed by atoms with Crippen LogP contribution in [-0.2, 0) is 4.79 Å². The van der Waals surface area contributed by atoms with Crippen molar-refractivity contribution < 1.29 is 19.6 Å². The van der Waals surface area contributed by atoms with E-state index < -0.39 is 17.4 Å². The van der Waals surface area contributed by atoms with Crippen LogP contribution in [0.4, 0.5) is 11.4 Å². The van der Waals surface area contributed by atoms with Crippen LogP contribution in [0, 0.1) is 22.0 Å². The minimum absolute atomic E-state index is 0.0836. The maximum atomic E-state index is 12.3. The highest BCUT2D eigenvalue weighted by Crippen LogP contribution is 2.39. The molecule has 0 atom stereocenters. The van der Waals surface area contributed by atoms with Crippen LogP contribution in [0.2, 0.25) is 0 Å². The van der Waals surface area contributed by atoms with Crippen LogP contribution in [0.15, 0.2) is 30.6 Å². The third kappa shape index (κ3) is 2.96. The van der Waals surface area contributed by atoms with Gasteiger partial charge in [0.25, 0.3) is 11.6 Å². The van der Waals surface area contributed by atoms with Crippen LogP contribution in [0.25, 0.3) is 11.8 Å². The molecule has 1 aromatic heterocycles. The van der Waals surface area contributed by atoms with Crippen LogP contribution >= 0.6 is 0 Å². The zero-order valence-corrected chi connectivity index (χ0v) is 13.1. The van der Waals surface area contributed by atoms with Crippen LogP contribution in [0.1, 0.15) is 11.1 Å². The molecular formula is C17H13N3O5. The number of rotatable bonds is 3. The lowest BCUT2D eigenvalue weighted by Gasteiger charge is -2.04. The Hall–Kier alpha value is -3.57. The molecule has 1 aliphatic rings. The Morgan fingerprint density at radius 1 is 1.44 bits per heavy atom. The number of nitro benzene ring substituents is 1. The molecule has 0 saturated heterocycles. The molecule has 0 fully saturated rings. The fourth-order valence-electron chi connectivity index (χ4n) is 2.55. The van der Waals surface area contributed by atoms with Crippen molar-refractivity contribution in [3.05, 3.63) is 51.8 Å². The summed E-state index contributed by atoms with van der Waals surface area (Å²) in [5.41, 5.74) is 0.864. The molecule has 8 heteroatoms. The molecule has 0 spiro atoms.